The molecule has 1 aromatic carbocycles. The molecule has 0 aromatic heterocycles. The standard InChI is InChI=1S/C12H14ClFN2O/c13-10-7-9(1-2-11(10)14)12(17)8-16-5-3-15-4-6-16/h1-2,7,15H,3-6,8H2. The van der Waals surface area contributed by atoms with E-state index >= 15 is 0 Å². The molecule has 0 unspecified atom stereocenters. The molecule has 0 bridgehead atoms. The molecule has 0 aliphatic carbocycles. The molecule has 0 atom stereocenters. The molecule has 5 heteroatoms. The maximum Gasteiger partial charge on any atom is 0.176 e. The van der Waals surface area contributed by atoms with Gasteiger partial charge in [0.2, 0.25) is 0 Å². The molecule has 1 fully saturated rings. The SMILES string of the molecule is O=C(CN1CCNCC1)c1ccc(F)c(Cl)c1. The maximum atomic E-state index is 13.0. The number of nitrogens with one attached hydrogen (secondary N) is 1. The van der Waals surface area contributed by atoms with Crippen LogP contribution in [0.15, 0.2) is 18.2 Å². The van der Waals surface area contributed by atoms with Crippen molar-refractivity contribution in [3.05, 3.63) is 34.6 Å². The summed E-state index contributed by atoms with van der Waals surface area (Å²) in [6.45, 7) is 3.89. The summed E-state index contributed by atoms with van der Waals surface area (Å²) < 4.78 is 13.0. The summed E-state index contributed by atoms with van der Waals surface area (Å²) in [7, 11) is 0. The van der Waals surface area contributed by atoms with Gasteiger partial charge in [0.25, 0.3) is 0 Å². The van der Waals surface area contributed by atoms with Gasteiger partial charge < -0.3 is 5.32 Å². The van der Waals surface area contributed by atoms with Gasteiger partial charge in [0, 0.05) is 31.7 Å². The molecule has 17 heavy (non-hydrogen) atoms. The van der Waals surface area contributed by atoms with Crippen LogP contribution in [0.2, 0.25) is 5.02 Å². The molecule has 0 saturated carbocycles. The first kappa shape index (κ1) is 12.5. The van der Waals surface area contributed by atoms with Crippen LogP contribution in [0, 0.1) is 5.82 Å². The van der Waals surface area contributed by atoms with Crippen LogP contribution < -0.4 is 5.32 Å². The van der Waals surface area contributed by atoms with E-state index in [0.29, 0.717) is 12.1 Å². The second-order valence-corrected chi connectivity index (χ2v) is 4.49. The number of benzene rings is 1. The first-order chi connectivity index (χ1) is 8.16. The van der Waals surface area contributed by atoms with E-state index in [0.717, 1.165) is 26.2 Å². The molecule has 1 aliphatic rings. The fourth-order valence-corrected chi connectivity index (χ4v) is 2.01. The number of carbonyl (C=O) groups is 1. The topological polar surface area (TPSA) is 32.3 Å². The maximum absolute atomic E-state index is 13.0. The Kier molecular flexibility index (Phi) is 4.10. The molecule has 0 spiro atoms. The zero-order valence-corrected chi connectivity index (χ0v) is 10.1. The van der Waals surface area contributed by atoms with Crippen molar-refractivity contribution in [1.29, 1.82) is 0 Å². The summed E-state index contributed by atoms with van der Waals surface area (Å²) in [5.41, 5.74) is 0.468. The third-order valence-corrected chi connectivity index (χ3v) is 3.11. The van der Waals surface area contributed by atoms with Gasteiger partial charge in [0.05, 0.1) is 11.6 Å². The van der Waals surface area contributed by atoms with Crippen molar-refractivity contribution in [2.75, 3.05) is 32.7 Å². The van der Waals surface area contributed by atoms with Crippen LogP contribution in [-0.4, -0.2) is 43.4 Å². The van der Waals surface area contributed by atoms with E-state index in [9.17, 15) is 9.18 Å². The zero-order chi connectivity index (χ0) is 12.3. The second-order valence-electron chi connectivity index (χ2n) is 4.08. The minimum atomic E-state index is -0.495. The van der Waals surface area contributed by atoms with E-state index in [1.54, 1.807) is 0 Å². The van der Waals surface area contributed by atoms with E-state index in [-0.39, 0.29) is 10.8 Å². The van der Waals surface area contributed by atoms with Gasteiger partial charge >= 0.3 is 0 Å². The molecule has 1 heterocycles. The highest BCUT2D eigenvalue weighted by Gasteiger charge is 2.15. The molecule has 0 amide bonds. The van der Waals surface area contributed by atoms with Gasteiger partial charge in [-0.25, -0.2) is 4.39 Å². The minimum Gasteiger partial charge on any atom is -0.314 e. The third-order valence-electron chi connectivity index (χ3n) is 2.82. The van der Waals surface area contributed by atoms with E-state index in [1.165, 1.54) is 18.2 Å². The molecule has 3 nitrogen and oxygen atoms in total. The predicted octanol–water partition coefficient (Wildman–Crippen LogP) is 1.57. The largest absolute Gasteiger partial charge is 0.314 e. The van der Waals surface area contributed by atoms with Crippen molar-refractivity contribution in [1.82, 2.24) is 10.2 Å². The lowest BCUT2D eigenvalue weighted by Crippen LogP contribution is -2.45. The highest BCUT2D eigenvalue weighted by molar-refractivity contribution is 6.31. The Balaban J connectivity index is 2.01. The number of hydrogen-bond acceptors (Lipinski definition) is 3. The Morgan fingerprint density at radius 2 is 2.12 bits per heavy atom. The second kappa shape index (κ2) is 5.58. The number of halogens is 2. The highest BCUT2D eigenvalue weighted by atomic mass is 35.5. The van der Waals surface area contributed by atoms with Gasteiger partial charge in [0.15, 0.2) is 5.78 Å². The Morgan fingerprint density at radius 1 is 1.41 bits per heavy atom. The number of ketones is 1. The quantitative estimate of drug-likeness (QED) is 0.834. The van der Waals surface area contributed by atoms with Crippen molar-refractivity contribution in [2.45, 2.75) is 0 Å². The lowest BCUT2D eigenvalue weighted by Gasteiger charge is -2.26. The van der Waals surface area contributed by atoms with Crippen molar-refractivity contribution in [3.8, 4) is 0 Å². The summed E-state index contributed by atoms with van der Waals surface area (Å²) >= 11 is 5.65. The number of carbonyl (C=O) groups excluding carboxylic acids is 1. The molecule has 1 saturated heterocycles. The van der Waals surface area contributed by atoms with Crippen LogP contribution in [0.4, 0.5) is 4.39 Å². The number of piperazine rings is 1. The van der Waals surface area contributed by atoms with Gasteiger partial charge in [-0.3, -0.25) is 9.69 Å². The molecule has 1 aromatic rings. The normalized spacial score (nSPS) is 17.1. The smallest absolute Gasteiger partial charge is 0.176 e. The Hall–Kier alpha value is -0.970. The minimum absolute atomic E-state index is 0.00355. The van der Waals surface area contributed by atoms with E-state index in [2.05, 4.69) is 10.2 Å². The fraction of sp³-hybridized carbons (Fsp3) is 0.417. The summed E-state index contributed by atoms with van der Waals surface area (Å²) in [5, 5.41) is 3.22. The lowest BCUT2D eigenvalue weighted by atomic mass is 10.1. The van der Waals surface area contributed by atoms with Gasteiger partial charge in [-0.2, -0.15) is 0 Å². The zero-order valence-electron chi connectivity index (χ0n) is 9.38. The number of hydrogen-bond donors (Lipinski definition) is 1. The third kappa shape index (κ3) is 3.25. The van der Waals surface area contributed by atoms with Crippen LogP contribution in [0.5, 0.6) is 0 Å². The summed E-state index contributed by atoms with van der Waals surface area (Å²) in [5.74, 6) is -0.515. The van der Waals surface area contributed by atoms with Crippen molar-refractivity contribution < 1.29 is 9.18 Å². The van der Waals surface area contributed by atoms with E-state index in [1.807, 2.05) is 0 Å². The average Bonchev–Trinajstić information content (AvgIpc) is 2.34. The summed E-state index contributed by atoms with van der Waals surface area (Å²) in [6, 6.07) is 4.10. The van der Waals surface area contributed by atoms with Gasteiger partial charge in [0.1, 0.15) is 5.82 Å². The van der Waals surface area contributed by atoms with Gasteiger partial charge in [-0.15, -0.1) is 0 Å². The summed E-state index contributed by atoms with van der Waals surface area (Å²) in [4.78, 5) is 14.0. The Bertz CT molecular complexity index is 419. The van der Waals surface area contributed by atoms with Crippen LogP contribution in [0.3, 0.4) is 0 Å². The molecular weight excluding hydrogens is 243 g/mol. The summed E-state index contributed by atoms with van der Waals surface area (Å²) in [6.07, 6.45) is 0. The van der Waals surface area contributed by atoms with Gasteiger partial charge in [-0.1, -0.05) is 11.6 Å². The first-order valence-electron chi connectivity index (χ1n) is 5.58. The van der Waals surface area contributed by atoms with Crippen LogP contribution in [0.25, 0.3) is 0 Å². The van der Waals surface area contributed by atoms with Crippen LogP contribution in [0.1, 0.15) is 10.4 Å². The van der Waals surface area contributed by atoms with Crippen molar-refractivity contribution in [3.63, 3.8) is 0 Å². The Morgan fingerprint density at radius 3 is 2.76 bits per heavy atom. The molecular formula is C12H14ClFN2O. The molecule has 1 aliphatic heterocycles. The van der Waals surface area contributed by atoms with Crippen LogP contribution >= 0.6 is 11.6 Å². The molecule has 92 valence electrons. The Labute approximate surface area is 105 Å². The molecule has 2 rings (SSSR count). The fourth-order valence-electron chi connectivity index (χ4n) is 1.83. The van der Waals surface area contributed by atoms with Crippen LogP contribution in [-0.2, 0) is 0 Å². The van der Waals surface area contributed by atoms with E-state index in [4.69, 9.17) is 11.6 Å². The number of nitrogens with zero attached hydrogens (tertiary/aromatic N) is 1. The highest BCUT2D eigenvalue weighted by Crippen LogP contribution is 2.16. The number of Topliss-reactive ketones (excluding diaryl/α,β-unsaturated/α-hetero) is 1. The average molecular weight is 257 g/mol. The van der Waals surface area contributed by atoms with Gasteiger partial charge in [-0.05, 0) is 18.2 Å². The first-order valence-corrected chi connectivity index (χ1v) is 5.96. The lowest BCUT2D eigenvalue weighted by molar-refractivity contribution is 0.0921. The van der Waals surface area contributed by atoms with Crippen molar-refractivity contribution >= 4 is 17.4 Å². The van der Waals surface area contributed by atoms with E-state index < -0.39 is 5.82 Å². The molecule has 1 N–H and O–H groups in total. The predicted molar refractivity (Wildman–Crippen MR) is 65.1 cm³/mol. The number of rotatable bonds is 3. The van der Waals surface area contributed by atoms with Crippen molar-refractivity contribution in [2.24, 2.45) is 0 Å². The monoisotopic (exact) mass is 256 g/mol. The molecule has 0 radical (unpaired) electrons.